The van der Waals surface area contributed by atoms with Gasteiger partial charge in [0.1, 0.15) is 5.75 Å². The number of benzene rings is 1. The zero-order valence-corrected chi connectivity index (χ0v) is 10.1. The summed E-state index contributed by atoms with van der Waals surface area (Å²) in [6.07, 6.45) is 0. The fourth-order valence-electron chi connectivity index (χ4n) is 1.11. The largest absolute Gasteiger partial charge is 0.544 e. The summed E-state index contributed by atoms with van der Waals surface area (Å²) in [5.74, 6) is 0.943. The van der Waals surface area contributed by atoms with Crippen LogP contribution in [0.15, 0.2) is 24.3 Å². The molecule has 76 valence electrons. The number of ketones is 1. The van der Waals surface area contributed by atoms with Crippen molar-refractivity contribution in [2.24, 2.45) is 0 Å². The average molecular weight is 208 g/mol. The van der Waals surface area contributed by atoms with E-state index >= 15 is 0 Å². The van der Waals surface area contributed by atoms with Crippen molar-refractivity contribution in [1.82, 2.24) is 0 Å². The Bertz CT molecular complexity index is 322. The standard InChI is InChI=1S/C11H16O2Si/c1-9(12)10-5-7-11(8-6-10)13-14(2,3)4/h5-8H,1-4H3. The molecule has 14 heavy (non-hydrogen) atoms. The summed E-state index contributed by atoms with van der Waals surface area (Å²) in [6, 6.07) is 7.32. The van der Waals surface area contributed by atoms with Gasteiger partial charge in [-0.15, -0.1) is 0 Å². The van der Waals surface area contributed by atoms with Crippen LogP contribution in [0.25, 0.3) is 0 Å². The molecule has 0 aliphatic carbocycles. The lowest BCUT2D eigenvalue weighted by Crippen LogP contribution is -2.29. The van der Waals surface area contributed by atoms with Gasteiger partial charge in [0.15, 0.2) is 5.78 Å². The molecule has 0 atom stereocenters. The van der Waals surface area contributed by atoms with Gasteiger partial charge in [0.25, 0.3) is 0 Å². The van der Waals surface area contributed by atoms with E-state index in [4.69, 9.17) is 4.43 Å². The molecule has 0 saturated heterocycles. The maximum absolute atomic E-state index is 11.0. The van der Waals surface area contributed by atoms with Crippen molar-refractivity contribution in [3.8, 4) is 5.75 Å². The fourth-order valence-corrected chi connectivity index (χ4v) is 1.95. The second-order valence-electron chi connectivity index (χ2n) is 4.29. The van der Waals surface area contributed by atoms with Crippen LogP contribution in [0.2, 0.25) is 19.6 Å². The molecule has 1 rings (SSSR count). The maximum Gasteiger partial charge on any atom is 0.242 e. The van der Waals surface area contributed by atoms with Gasteiger partial charge in [-0.25, -0.2) is 0 Å². The van der Waals surface area contributed by atoms with Gasteiger partial charge in [-0.05, 0) is 50.8 Å². The summed E-state index contributed by atoms with van der Waals surface area (Å²) >= 11 is 0. The minimum absolute atomic E-state index is 0.0875. The number of carbonyl (C=O) groups excluding carboxylic acids is 1. The second kappa shape index (κ2) is 3.96. The van der Waals surface area contributed by atoms with Crippen molar-refractivity contribution < 1.29 is 9.22 Å². The highest BCUT2D eigenvalue weighted by Crippen LogP contribution is 2.16. The summed E-state index contributed by atoms with van der Waals surface area (Å²) in [5, 5.41) is 0. The van der Waals surface area contributed by atoms with E-state index in [-0.39, 0.29) is 5.78 Å². The maximum atomic E-state index is 11.0. The van der Waals surface area contributed by atoms with Crippen LogP contribution < -0.4 is 4.43 Å². The first kappa shape index (κ1) is 11.0. The fraction of sp³-hybridized carbons (Fsp3) is 0.364. The molecular weight excluding hydrogens is 192 g/mol. The first-order valence-electron chi connectivity index (χ1n) is 4.68. The van der Waals surface area contributed by atoms with E-state index in [1.807, 2.05) is 12.1 Å². The third kappa shape index (κ3) is 3.34. The molecule has 0 radical (unpaired) electrons. The minimum atomic E-state index is -1.53. The van der Waals surface area contributed by atoms with Gasteiger partial charge in [-0.3, -0.25) is 4.79 Å². The van der Waals surface area contributed by atoms with Crippen molar-refractivity contribution in [3.63, 3.8) is 0 Å². The van der Waals surface area contributed by atoms with Crippen LogP contribution in [0.1, 0.15) is 17.3 Å². The van der Waals surface area contributed by atoms with Gasteiger partial charge >= 0.3 is 0 Å². The third-order valence-corrected chi connectivity index (χ3v) is 2.53. The summed E-state index contributed by atoms with van der Waals surface area (Å²) < 4.78 is 5.76. The molecule has 0 unspecified atom stereocenters. The van der Waals surface area contributed by atoms with Crippen LogP contribution >= 0.6 is 0 Å². The van der Waals surface area contributed by atoms with Gasteiger partial charge in [0.05, 0.1) is 0 Å². The molecule has 0 aliphatic heterocycles. The van der Waals surface area contributed by atoms with Crippen LogP contribution in [0, 0.1) is 0 Å². The SMILES string of the molecule is CC(=O)c1ccc(O[Si](C)(C)C)cc1. The Kier molecular flexibility index (Phi) is 3.11. The Morgan fingerprint density at radius 2 is 1.64 bits per heavy atom. The Morgan fingerprint density at radius 1 is 1.14 bits per heavy atom. The lowest BCUT2D eigenvalue weighted by molar-refractivity contribution is 0.101. The number of carbonyl (C=O) groups is 1. The van der Waals surface area contributed by atoms with Crippen LogP contribution in [0.3, 0.4) is 0 Å². The predicted molar refractivity (Wildman–Crippen MR) is 60.4 cm³/mol. The summed E-state index contributed by atoms with van der Waals surface area (Å²) in [4.78, 5) is 11.0. The molecule has 0 N–H and O–H groups in total. The molecule has 0 bridgehead atoms. The topological polar surface area (TPSA) is 26.3 Å². The molecule has 0 fully saturated rings. The van der Waals surface area contributed by atoms with Gasteiger partial charge in [-0.1, -0.05) is 0 Å². The van der Waals surface area contributed by atoms with Crippen LogP contribution in [0.4, 0.5) is 0 Å². The summed E-state index contributed by atoms with van der Waals surface area (Å²) in [5.41, 5.74) is 0.730. The van der Waals surface area contributed by atoms with Crippen molar-refractivity contribution in [2.45, 2.75) is 26.6 Å². The smallest absolute Gasteiger partial charge is 0.242 e. The first-order chi connectivity index (χ1) is 6.38. The van der Waals surface area contributed by atoms with E-state index in [1.54, 1.807) is 19.1 Å². The lowest BCUT2D eigenvalue weighted by atomic mass is 10.1. The van der Waals surface area contributed by atoms with E-state index in [1.165, 1.54) is 0 Å². The van der Waals surface area contributed by atoms with E-state index in [0.717, 1.165) is 11.3 Å². The van der Waals surface area contributed by atoms with Crippen LogP contribution in [-0.2, 0) is 0 Å². The molecule has 0 spiro atoms. The molecule has 0 aliphatic rings. The molecule has 0 amide bonds. The number of hydrogen-bond acceptors (Lipinski definition) is 2. The van der Waals surface area contributed by atoms with Crippen LogP contribution in [0.5, 0.6) is 5.75 Å². The Balaban J connectivity index is 2.79. The highest BCUT2D eigenvalue weighted by molar-refractivity contribution is 6.70. The quantitative estimate of drug-likeness (QED) is 0.563. The minimum Gasteiger partial charge on any atom is -0.544 e. The molecule has 0 heterocycles. The highest BCUT2D eigenvalue weighted by atomic mass is 28.4. The zero-order valence-electron chi connectivity index (χ0n) is 9.13. The van der Waals surface area contributed by atoms with E-state index < -0.39 is 8.32 Å². The van der Waals surface area contributed by atoms with Gasteiger partial charge in [0.2, 0.25) is 8.32 Å². The van der Waals surface area contributed by atoms with Crippen molar-refractivity contribution in [2.75, 3.05) is 0 Å². The van der Waals surface area contributed by atoms with Crippen molar-refractivity contribution in [1.29, 1.82) is 0 Å². The second-order valence-corrected chi connectivity index (χ2v) is 8.72. The Labute approximate surface area is 86.0 Å². The van der Waals surface area contributed by atoms with Gasteiger partial charge in [0, 0.05) is 5.56 Å². The van der Waals surface area contributed by atoms with Crippen molar-refractivity contribution in [3.05, 3.63) is 29.8 Å². The predicted octanol–water partition coefficient (Wildman–Crippen LogP) is 3.10. The third-order valence-electron chi connectivity index (χ3n) is 1.68. The van der Waals surface area contributed by atoms with E-state index in [2.05, 4.69) is 19.6 Å². The number of Topliss-reactive ketones (excluding diaryl/α,β-unsaturated/α-hetero) is 1. The van der Waals surface area contributed by atoms with E-state index in [9.17, 15) is 4.79 Å². The van der Waals surface area contributed by atoms with Gasteiger partial charge in [-0.2, -0.15) is 0 Å². The molecule has 1 aromatic carbocycles. The Morgan fingerprint density at radius 3 is 2.00 bits per heavy atom. The van der Waals surface area contributed by atoms with E-state index in [0.29, 0.717) is 0 Å². The number of hydrogen-bond donors (Lipinski definition) is 0. The molecule has 1 aromatic rings. The summed E-state index contributed by atoms with van der Waals surface area (Å²) in [6.45, 7) is 7.96. The normalized spacial score (nSPS) is 11.1. The summed E-state index contributed by atoms with van der Waals surface area (Å²) in [7, 11) is -1.53. The highest BCUT2D eigenvalue weighted by Gasteiger charge is 2.15. The molecule has 3 heteroatoms. The lowest BCUT2D eigenvalue weighted by Gasteiger charge is -2.18. The monoisotopic (exact) mass is 208 g/mol. The van der Waals surface area contributed by atoms with Crippen molar-refractivity contribution >= 4 is 14.1 Å². The Hall–Kier alpha value is -1.09. The molecule has 0 aromatic heterocycles. The average Bonchev–Trinajstić information content (AvgIpc) is 2.02. The van der Waals surface area contributed by atoms with Crippen LogP contribution in [-0.4, -0.2) is 14.1 Å². The molecule has 2 nitrogen and oxygen atoms in total. The first-order valence-corrected chi connectivity index (χ1v) is 8.09. The number of rotatable bonds is 3. The zero-order chi connectivity index (χ0) is 10.8. The van der Waals surface area contributed by atoms with Gasteiger partial charge < -0.3 is 4.43 Å². The molecular formula is C11H16O2Si. The molecule has 0 saturated carbocycles.